The highest BCUT2D eigenvalue weighted by atomic mass is 32.3. The number of phenolic OH excluding ortho intramolecular Hbond substituents is 2. The highest BCUT2D eigenvalue weighted by Crippen LogP contribution is 2.27. The van der Waals surface area contributed by atoms with Crippen LogP contribution in [-0.4, -0.2) is 173 Å². The number of phenols is 2. The lowest BCUT2D eigenvalue weighted by Crippen LogP contribution is -2.65. The third kappa shape index (κ3) is 18.0. The van der Waals surface area contributed by atoms with Crippen molar-refractivity contribution < 1.29 is 85.1 Å². The molecule has 26 nitrogen and oxygen atoms in total. The van der Waals surface area contributed by atoms with Crippen LogP contribution in [0.1, 0.15) is 70.6 Å². The molecule has 0 aliphatic carbocycles. The summed E-state index contributed by atoms with van der Waals surface area (Å²) in [6.45, 7) is 5.71. The molecule has 2 saturated heterocycles. The standard InChI is InChI=1S/C54H70N8O18S/c1-8-37-47(67)58-39-24-25-43(78-7)62(52(39)72)41(27-33-12-10-9-11-13-33)53(73)61(6)40(26-34-16-21-36(64)22-17-34)49(69)59-44(29(2)3)54(74)80-31(5)45(51(71)56-37)60-48(68)38(23-18-32-14-19-35(63)20-15-32)57-46(66)30(4)55-50(70)42(65)28-79-81(75,76)77/h8-17,19-22,29-31,38-45,63-65H,18,23-28H2,1-7H3,(H,55,70)(H,56,71)(H,57,66)(H,58,67)(H,59,69)(H,60,68)(H,75,76,77)/t30-,31+,38-,39-,40-,41-,42+,43+,44-,45-/m0/s1. The van der Waals surface area contributed by atoms with E-state index in [-0.39, 0.29) is 50.0 Å². The van der Waals surface area contributed by atoms with E-state index in [0.717, 1.165) is 11.8 Å². The van der Waals surface area contributed by atoms with Crippen molar-refractivity contribution in [1.82, 2.24) is 41.7 Å². The Morgan fingerprint density at radius 1 is 0.790 bits per heavy atom. The maximum absolute atomic E-state index is 15.2. The highest BCUT2D eigenvalue weighted by Gasteiger charge is 2.46. The average molecular weight is 1150 g/mol. The van der Waals surface area contributed by atoms with Crippen LogP contribution in [0.4, 0.5) is 0 Å². The molecule has 0 unspecified atom stereocenters. The summed E-state index contributed by atoms with van der Waals surface area (Å²) < 4.78 is 46.6. The van der Waals surface area contributed by atoms with Crippen LogP contribution in [0.2, 0.25) is 0 Å². The number of hydrogen-bond donors (Lipinski definition) is 10. The van der Waals surface area contributed by atoms with E-state index in [1.165, 1.54) is 87.5 Å². The first-order valence-electron chi connectivity index (χ1n) is 25.9. The number of allylic oxidation sites excluding steroid dienone is 1. The van der Waals surface area contributed by atoms with Gasteiger partial charge in [-0.05, 0) is 93.3 Å². The van der Waals surface area contributed by atoms with Crippen LogP contribution in [0, 0.1) is 5.92 Å². The number of hydrogen-bond acceptors (Lipinski definition) is 17. The van der Waals surface area contributed by atoms with E-state index in [1.807, 2.05) is 0 Å². The smallest absolute Gasteiger partial charge is 0.397 e. The second kappa shape index (κ2) is 28.9. The monoisotopic (exact) mass is 1150 g/mol. The van der Waals surface area contributed by atoms with Gasteiger partial charge in [0.05, 0.1) is 0 Å². The predicted molar refractivity (Wildman–Crippen MR) is 287 cm³/mol. The largest absolute Gasteiger partial charge is 0.508 e. The number of aliphatic hydroxyl groups is 1. The molecule has 3 aromatic carbocycles. The fraction of sp³-hybridized carbons (Fsp3) is 0.463. The first kappa shape index (κ1) is 63.8. The van der Waals surface area contributed by atoms with Crippen LogP contribution >= 0.6 is 0 Å². The number of ether oxygens (including phenoxy) is 2. The van der Waals surface area contributed by atoms with E-state index >= 15 is 4.79 Å². The van der Waals surface area contributed by atoms with E-state index in [9.17, 15) is 62.1 Å². The number of aromatic hydroxyl groups is 2. The molecule has 10 N–H and O–H groups in total. The second-order valence-electron chi connectivity index (χ2n) is 19.9. The molecule has 0 saturated carbocycles. The third-order valence-electron chi connectivity index (χ3n) is 13.6. The fourth-order valence-electron chi connectivity index (χ4n) is 8.97. The molecule has 0 spiro atoms. The van der Waals surface area contributed by atoms with E-state index in [4.69, 9.17) is 14.0 Å². The summed E-state index contributed by atoms with van der Waals surface area (Å²) in [5.41, 5.74) is 1.24. The number of cyclic esters (lactones) is 1. The maximum atomic E-state index is 15.2. The topological polar surface area (TPSA) is 375 Å². The SMILES string of the molecule is CC=C1NC(=O)[C@@H](NC(=O)[C@H](CCc2ccc(O)cc2)NC(=O)[C@H](C)NC(=O)[C@H](O)COS(=O)(=O)O)[C@@H](C)OC(=O)[C@H](C(C)C)NC(=O)[C@H](Cc2ccc(O)cc2)N(C)C(=O)[C@H](Cc2ccccc2)N2C(=O)[C@H](CC[C@H]2OC)NC1=O. The van der Waals surface area contributed by atoms with Gasteiger partial charge in [0.1, 0.15) is 78.4 Å². The summed E-state index contributed by atoms with van der Waals surface area (Å²) in [6.07, 6.45) is -3.99. The number of amides is 8. The Kier molecular flexibility index (Phi) is 22.8. The zero-order valence-corrected chi connectivity index (χ0v) is 46.5. The molecule has 2 heterocycles. The van der Waals surface area contributed by atoms with Gasteiger partial charge in [0.25, 0.3) is 17.7 Å². The second-order valence-corrected chi connectivity index (χ2v) is 20.9. The van der Waals surface area contributed by atoms with Crippen molar-refractivity contribution in [3.8, 4) is 11.5 Å². The number of rotatable bonds is 18. The van der Waals surface area contributed by atoms with Crippen LogP contribution in [0.5, 0.6) is 11.5 Å². The van der Waals surface area contributed by atoms with Crippen molar-refractivity contribution in [1.29, 1.82) is 0 Å². The van der Waals surface area contributed by atoms with Gasteiger partial charge in [-0.1, -0.05) is 74.5 Å². The summed E-state index contributed by atoms with van der Waals surface area (Å²) in [5.74, 6) is -9.88. The Labute approximate surface area is 468 Å². The van der Waals surface area contributed by atoms with Crippen LogP contribution in [0.25, 0.3) is 0 Å². The first-order chi connectivity index (χ1) is 38.2. The van der Waals surface area contributed by atoms with Gasteiger partial charge in [0.15, 0.2) is 6.10 Å². The molecule has 0 aromatic heterocycles. The van der Waals surface area contributed by atoms with Gasteiger partial charge in [0, 0.05) is 27.0 Å². The molecule has 2 fully saturated rings. The molecule has 2 aliphatic rings. The lowest BCUT2D eigenvalue weighted by molar-refractivity contribution is -0.168. The number of fused-ring (bicyclic) bond motifs is 2. The van der Waals surface area contributed by atoms with Crippen molar-refractivity contribution in [2.75, 3.05) is 20.8 Å². The van der Waals surface area contributed by atoms with Gasteiger partial charge < -0.3 is 66.5 Å². The minimum atomic E-state index is -5.06. The summed E-state index contributed by atoms with van der Waals surface area (Å²) >= 11 is 0. The van der Waals surface area contributed by atoms with Gasteiger partial charge in [-0.15, -0.1) is 0 Å². The Balaban J connectivity index is 1.56. The molecule has 27 heteroatoms. The minimum Gasteiger partial charge on any atom is -0.508 e. The van der Waals surface area contributed by atoms with Crippen LogP contribution < -0.4 is 31.9 Å². The number of piperidine rings is 1. The van der Waals surface area contributed by atoms with E-state index in [2.05, 4.69) is 36.1 Å². The fourth-order valence-corrected chi connectivity index (χ4v) is 9.27. The number of esters is 1. The van der Waals surface area contributed by atoms with Crippen molar-refractivity contribution in [3.63, 3.8) is 0 Å². The molecule has 440 valence electrons. The molecule has 81 heavy (non-hydrogen) atoms. The highest BCUT2D eigenvalue weighted by molar-refractivity contribution is 7.80. The quantitative estimate of drug-likeness (QED) is 0.0438. The zero-order chi connectivity index (χ0) is 59.9. The van der Waals surface area contributed by atoms with Crippen LogP contribution in [0.3, 0.4) is 0 Å². The molecule has 2 aliphatic heterocycles. The zero-order valence-electron chi connectivity index (χ0n) is 45.7. The molecule has 8 amide bonds. The number of nitrogens with zero attached hydrogens (tertiary/aromatic N) is 2. The van der Waals surface area contributed by atoms with Crippen molar-refractivity contribution in [2.45, 2.75) is 134 Å². The van der Waals surface area contributed by atoms with E-state index in [0.29, 0.717) is 16.7 Å². The van der Waals surface area contributed by atoms with Crippen molar-refractivity contribution in [2.24, 2.45) is 5.92 Å². The lowest BCUT2D eigenvalue weighted by Gasteiger charge is -2.44. The Hall–Kier alpha value is -7.98. The van der Waals surface area contributed by atoms with Crippen LogP contribution in [-0.2, 0) is 86.5 Å². The summed E-state index contributed by atoms with van der Waals surface area (Å²) in [4.78, 5) is 132. The number of aliphatic hydroxyl groups excluding tert-OH is 1. The summed E-state index contributed by atoms with van der Waals surface area (Å²) in [6, 6.07) is 9.78. The molecule has 2 bridgehead atoms. The van der Waals surface area contributed by atoms with Crippen molar-refractivity contribution >= 4 is 63.6 Å². The molecule has 0 radical (unpaired) electrons. The number of nitrogens with one attached hydrogen (secondary N) is 6. The lowest BCUT2D eigenvalue weighted by atomic mass is 9.95. The Morgan fingerprint density at radius 2 is 1.38 bits per heavy atom. The number of carbonyl (C=O) groups is 9. The molecule has 10 atom stereocenters. The molecule has 5 rings (SSSR count). The predicted octanol–water partition coefficient (Wildman–Crippen LogP) is -0.448. The summed E-state index contributed by atoms with van der Waals surface area (Å²) in [7, 11) is -2.34. The van der Waals surface area contributed by atoms with Gasteiger partial charge in [-0.25, -0.2) is 8.98 Å². The maximum Gasteiger partial charge on any atom is 0.397 e. The molecular weight excluding hydrogens is 1080 g/mol. The molecular formula is C54H70N8O18S. The van der Waals surface area contributed by atoms with Gasteiger partial charge in [-0.2, -0.15) is 8.42 Å². The van der Waals surface area contributed by atoms with E-state index < -0.39 is 143 Å². The normalized spacial score (nSPS) is 23.3. The van der Waals surface area contributed by atoms with Crippen LogP contribution in [0.15, 0.2) is 90.6 Å². The van der Waals surface area contributed by atoms with E-state index in [1.54, 1.807) is 44.2 Å². The summed E-state index contributed by atoms with van der Waals surface area (Å²) in [5, 5.41) is 45.0. The number of likely N-dealkylation sites (N-methyl/N-ethyl adjacent to an activating group) is 1. The van der Waals surface area contributed by atoms with Crippen molar-refractivity contribution in [3.05, 3.63) is 107 Å². The number of methoxy groups -OCH3 is 1. The van der Waals surface area contributed by atoms with Gasteiger partial charge >= 0.3 is 16.4 Å². The number of aryl methyl sites for hydroxylation is 1. The third-order valence-corrected chi connectivity index (χ3v) is 14.0. The average Bonchev–Trinajstić information content (AvgIpc) is 3.52. The number of carbonyl (C=O) groups excluding carboxylic acids is 9. The van der Waals surface area contributed by atoms with Gasteiger partial charge in [0.2, 0.25) is 29.5 Å². The molecule has 3 aromatic rings. The Bertz CT molecular complexity index is 2890. The minimum absolute atomic E-state index is 0.00331. The van der Waals surface area contributed by atoms with Gasteiger partial charge in [-0.3, -0.25) is 42.9 Å². The Morgan fingerprint density at radius 3 is 1.96 bits per heavy atom. The first-order valence-corrected chi connectivity index (χ1v) is 27.3. The number of benzene rings is 3.